The van der Waals surface area contributed by atoms with Gasteiger partial charge in [-0.15, -0.1) is 0 Å². The van der Waals surface area contributed by atoms with Crippen molar-refractivity contribution in [2.75, 3.05) is 0 Å². The predicted molar refractivity (Wildman–Crippen MR) is 54.4 cm³/mol. The van der Waals surface area contributed by atoms with E-state index in [9.17, 15) is 8.78 Å². The summed E-state index contributed by atoms with van der Waals surface area (Å²) < 4.78 is 29.2. The van der Waals surface area contributed by atoms with Gasteiger partial charge in [-0.05, 0) is 37.9 Å². The van der Waals surface area contributed by atoms with E-state index in [-0.39, 0.29) is 12.4 Å². The van der Waals surface area contributed by atoms with Gasteiger partial charge in [-0.1, -0.05) is 6.07 Å². The van der Waals surface area contributed by atoms with Crippen molar-refractivity contribution in [3.05, 3.63) is 26.6 Å². The van der Waals surface area contributed by atoms with E-state index in [1.807, 2.05) is 0 Å². The maximum Gasteiger partial charge on any atom is 0.387 e. The van der Waals surface area contributed by atoms with Crippen molar-refractivity contribution in [1.82, 2.24) is 0 Å². The smallest absolute Gasteiger partial charge is 0.387 e. The maximum atomic E-state index is 12.0. The molecule has 0 aromatic heterocycles. The molecule has 0 radical (unpaired) electrons. The lowest BCUT2D eigenvalue weighted by Gasteiger charge is -2.11. The molecule has 1 N–H and O–H groups in total. The zero-order chi connectivity index (χ0) is 10.7. The van der Waals surface area contributed by atoms with Crippen molar-refractivity contribution in [2.45, 2.75) is 13.2 Å². The molecular formula is C8H6Br2F2O2. The van der Waals surface area contributed by atoms with Gasteiger partial charge in [0.05, 0.1) is 11.1 Å². The largest absolute Gasteiger partial charge is 0.433 e. The van der Waals surface area contributed by atoms with Gasteiger partial charge in [-0.25, -0.2) is 0 Å². The highest BCUT2D eigenvalue weighted by atomic mass is 79.9. The third kappa shape index (κ3) is 2.65. The summed E-state index contributed by atoms with van der Waals surface area (Å²) in [6.07, 6.45) is 0. The summed E-state index contributed by atoms with van der Waals surface area (Å²) in [7, 11) is 0. The highest BCUT2D eigenvalue weighted by molar-refractivity contribution is 9.13. The van der Waals surface area contributed by atoms with Crippen LogP contribution >= 0.6 is 31.9 Å². The number of hydrogen-bond donors (Lipinski definition) is 1. The number of aliphatic hydroxyl groups is 1. The van der Waals surface area contributed by atoms with Gasteiger partial charge in [0, 0.05) is 10.0 Å². The second kappa shape index (κ2) is 5.04. The average Bonchev–Trinajstić information content (AvgIpc) is 2.13. The molecular weight excluding hydrogens is 326 g/mol. The molecule has 0 amide bonds. The Morgan fingerprint density at radius 1 is 1.36 bits per heavy atom. The van der Waals surface area contributed by atoms with Gasteiger partial charge in [0.15, 0.2) is 0 Å². The number of aliphatic hydroxyl groups excluding tert-OH is 1. The monoisotopic (exact) mass is 330 g/mol. The molecule has 0 unspecified atom stereocenters. The Labute approximate surface area is 96.1 Å². The first kappa shape index (κ1) is 11.9. The van der Waals surface area contributed by atoms with Crippen molar-refractivity contribution < 1.29 is 18.6 Å². The molecule has 0 aliphatic rings. The molecule has 1 aromatic rings. The molecule has 1 aromatic carbocycles. The summed E-state index contributed by atoms with van der Waals surface area (Å²) in [5.41, 5.74) is 0.306. The highest BCUT2D eigenvalue weighted by Crippen LogP contribution is 2.36. The second-order valence-electron chi connectivity index (χ2n) is 2.39. The van der Waals surface area contributed by atoms with Gasteiger partial charge in [-0.2, -0.15) is 8.78 Å². The predicted octanol–water partition coefficient (Wildman–Crippen LogP) is 3.31. The molecule has 0 heterocycles. The van der Waals surface area contributed by atoms with E-state index in [0.717, 1.165) is 0 Å². The van der Waals surface area contributed by atoms with Crippen LogP contribution in [0.5, 0.6) is 5.75 Å². The molecule has 0 spiro atoms. The Morgan fingerprint density at radius 2 is 2.00 bits per heavy atom. The van der Waals surface area contributed by atoms with Gasteiger partial charge in [0.2, 0.25) is 0 Å². The first-order valence-electron chi connectivity index (χ1n) is 3.58. The Hall–Kier alpha value is -0.200. The summed E-state index contributed by atoms with van der Waals surface area (Å²) in [4.78, 5) is 0. The summed E-state index contributed by atoms with van der Waals surface area (Å²) in [5.74, 6) is -0.0446. The molecule has 0 bridgehead atoms. The maximum absolute atomic E-state index is 12.0. The average molecular weight is 332 g/mol. The number of ether oxygens (including phenoxy) is 1. The van der Waals surface area contributed by atoms with Crippen LogP contribution in [-0.2, 0) is 6.61 Å². The van der Waals surface area contributed by atoms with Crippen molar-refractivity contribution in [3.8, 4) is 5.75 Å². The Morgan fingerprint density at radius 3 is 2.50 bits per heavy atom. The SMILES string of the molecule is OCc1ccc(Br)c(Br)c1OC(F)F. The molecule has 0 saturated heterocycles. The van der Waals surface area contributed by atoms with E-state index in [2.05, 4.69) is 36.6 Å². The molecule has 14 heavy (non-hydrogen) atoms. The van der Waals surface area contributed by atoms with Crippen molar-refractivity contribution >= 4 is 31.9 Å². The minimum atomic E-state index is -2.91. The zero-order valence-electron chi connectivity index (χ0n) is 6.81. The molecule has 0 aliphatic heterocycles. The minimum Gasteiger partial charge on any atom is -0.433 e. The second-order valence-corrected chi connectivity index (χ2v) is 4.03. The van der Waals surface area contributed by atoms with Crippen LogP contribution in [-0.4, -0.2) is 11.7 Å². The topological polar surface area (TPSA) is 29.5 Å². The Bertz CT molecular complexity index is 331. The Balaban J connectivity index is 3.14. The molecule has 0 aliphatic carbocycles. The van der Waals surface area contributed by atoms with Crippen LogP contribution in [0.3, 0.4) is 0 Å². The normalized spacial score (nSPS) is 10.7. The minimum absolute atomic E-state index is 0.0446. The Kier molecular flexibility index (Phi) is 4.28. The molecule has 6 heteroatoms. The van der Waals surface area contributed by atoms with Crippen LogP contribution in [0.2, 0.25) is 0 Å². The molecule has 0 atom stereocenters. The summed E-state index contributed by atoms with van der Waals surface area (Å²) in [5, 5.41) is 8.89. The van der Waals surface area contributed by atoms with Crippen LogP contribution < -0.4 is 4.74 Å². The molecule has 1 rings (SSSR count). The van der Waals surface area contributed by atoms with Crippen LogP contribution in [0.15, 0.2) is 21.1 Å². The quantitative estimate of drug-likeness (QED) is 0.920. The van der Waals surface area contributed by atoms with Gasteiger partial charge >= 0.3 is 6.61 Å². The van der Waals surface area contributed by atoms with Gasteiger partial charge in [-0.3, -0.25) is 0 Å². The van der Waals surface area contributed by atoms with Crippen molar-refractivity contribution in [1.29, 1.82) is 0 Å². The lowest BCUT2D eigenvalue weighted by molar-refractivity contribution is -0.0515. The fourth-order valence-electron chi connectivity index (χ4n) is 0.913. The van der Waals surface area contributed by atoms with Crippen molar-refractivity contribution in [3.63, 3.8) is 0 Å². The van der Waals surface area contributed by atoms with Crippen LogP contribution in [0.4, 0.5) is 8.78 Å². The molecule has 0 saturated carbocycles. The molecule has 0 fully saturated rings. The summed E-state index contributed by atoms with van der Waals surface area (Å²) in [6, 6.07) is 3.14. The number of alkyl halides is 2. The van der Waals surface area contributed by atoms with Crippen molar-refractivity contribution in [2.24, 2.45) is 0 Å². The third-order valence-electron chi connectivity index (χ3n) is 1.51. The summed E-state index contributed by atoms with van der Waals surface area (Å²) in [6.45, 7) is -3.26. The van der Waals surface area contributed by atoms with E-state index in [1.165, 1.54) is 6.07 Å². The number of benzene rings is 1. The van der Waals surface area contributed by atoms with E-state index in [4.69, 9.17) is 5.11 Å². The lowest BCUT2D eigenvalue weighted by Crippen LogP contribution is -2.05. The highest BCUT2D eigenvalue weighted by Gasteiger charge is 2.14. The zero-order valence-corrected chi connectivity index (χ0v) is 9.98. The lowest BCUT2D eigenvalue weighted by atomic mass is 10.2. The van der Waals surface area contributed by atoms with E-state index in [1.54, 1.807) is 6.07 Å². The van der Waals surface area contributed by atoms with Crippen LogP contribution in [0.25, 0.3) is 0 Å². The molecule has 78 valence electrons. The molecule has 2 nitrogen and oxygen atoms in total. The third-order valence-corrected chi connectivity index (χ3v) is 3.49. The first-order chi connectivity index (χ1) is 6.56. The van der Waals surface area contributed by atoms with E-state index >= 15 is 0 Å². The first-order valence-corrected chi connectivity index (χ1v) is 5.17. The fourth-order valence-corrected chi connectivity index (χ4v) is 1.71. The number of rotatable bonds is 3. The number of halogens is 4. The van der Waals surface area contributed by atoms with Crippen LogP contribution in [0, 0.1) is 0 Å². The summed E-state index contributed by atoms with van der Waals surface area (Å²) >= 11 is 6.23. The van der Waals surface area contributed by atoms with Crippen LogP contribution in [0.1, 0.15) is 5.56 Å². The van der Waals surface area contributed by atoms with Gasteiger partial charge < -0.3 is 9.84 Å². The van der Waals surface area contributed by atoms with E-state index < -0.39 is 6.61 Å². The van der Waals surface area contributed by atoms with Gasteiger partial charge in [0.1, 0.15) is 5.75 Å². The van der Waals surface area contributed by atoms with E-state index in [0.29, 0.717) is 14.5 Å². The van der Waals surface area contributed by atoms with Gasteiger partial charge in [0.25, 0.3) is 0 Å². The number of hydrogen-bond acceptors (Lipinski definition) is 2. The standard InChI is InChI=1S/C8H6Br2F2O2/c9-5-2-1-4(3-13)7(6(5)10)14-8(11)12/h1-2,8,13H,3H2. The fraction of sp³-hybridized carbons (Fsp3) is 0.250.